The second-order valence-electron chi connectivity index (χ2n) is 6.42. The summed E-state index contributed by atoms with van der Waals surface area (Å²) >= 11 is 0. The molecular weight excluding hydrogens is 364 g/mol. The van der Waals surface area contributed by atoms with Crippen molar-refractivity contribution in [3.05, 3.63) is 90.5 Å². The van der Waals surface area contributed by atoms with Gasteiger partial charge in [-0.1, -0.05) is 19.1 Å². The molecule has 29 heavy (non-hydrogen) atoms. The van der Waals surface area contributed by atoms with E-state index >= 15 is 0 Å². The standard InChI is InChI=1S/C22H20N6O/c1-2-16-4-6-17(7-5-16)22(29)27-19-10-8-18(9-11-19)26-20-14-21(24-15-23-20)28-13-3-12-25-28/h3-15H,2H2,1H3,(H,27,29)(H,23,24,26). The number of hydrogen-bond donors (Lipinski definition) is 2. The number of rotatable bonds is 6. The van der Waals surface area contributed by atoms with Gasteiger partial charge in [0.25, 0.3) is 5.91 Å². The highest BCUT2D eigenvalue weighted by molar-refractivity contribution is 6.04. The first kappa shape index (κ1) is 18.4. The van der Waals surface area contributed by atoms with Crippen LogP contribution < -0.4 is 10.6 Å². The third-order valence-electron chi connectivity index (χ3n) is 4.43. The molecule has 4 aromatic rings. The number of carbonyl (C=O) groups is 1. The van der Waals surface area contributed by atoms with Gasteiger partial charge in [0.15, 0.2) is 5.82 Å². The average Bonchev–Trinajstić information content (AvgIpc) is 3.30. The molecule has 0 spiro atoms. The van der Waals surface area contributed by atoms with E-state index in [1.807, 2.05) is 66.9 Å². The van der Waals surface area contributed by atoms with Crippen LogP contribution in [0.3, 0.4) is 0 Å². The molecule has 0 unspecified atom stereocenters. The monoisotopic (exact) mass is 384 g/mol. The van der Waals surface area contributed by atoms with Gasteiger partial charge in [-0.25, -0.2) is 14.6 Å². The van der Waals surface area contributed by atoms with Crippen LogP contribution in [0.4, 0.5) is 17.2 Å². The maximum absolute atomic E-state index is 12.4. The molecule has 2 heterocycles. The van der Waals surface area contributed by atoms with Crippen molar-refractivity contribution in [2.75, 3.05) is 10.6 Å². The van der Waals surface area contributed by atoms with Crippen molar-refractivity contribution in [1.82, 2.24) is 19.7 Å². The van der Waals surface area contributed by atoms with Crippen molar-refractivity contribution < 1.29 is 4.79 Å². The molecule has 0 aliphatic rings. The van der Waals surface area contributed by atoms with Crippen LogP contribution in [0.5, 0.6) is 0 Å². The summed E-state index contributed by atoms with van der Waals surface area (Å²) in [5, 5.41) is 10.3. The second kappa shape index (κ2) is 8.35. The van der Waals surface area contributed by atoms with E-state index in [0.717, 1.165) is 17.8 Å². The molecule has 144 valence electrons. The Balaban J connectivity index is 1.41. The Morgan fingerprint density at radius 2 is 1.76 bits per heavy atom. The zero-order valence-corrected chi connectivity index (χ0v) is 15.9. The Labute approximate surface area is 168 Å². The van der Waals surface area contributed by atoms with E-state index in [2.05, 4.69) is 32.6 Å². The van der Waals surface area contributed by atoms with Crippen molar-refractivity contribution >= 4 is 23.1 Å². The lowest BCUT2D eigenvalue weighted by molar-refractivity contribution is 0.102. The van der Waals surface area contributed by atoms with Gasteiger partial charge in [-0.2, -0.15) is 5.10 Å². The number of nitrogens with zero attached hydrogens (tertiary/aromatic N) is 4. The van der Waals surface area contributed by atoms with Crippen molar-refractivity contribution in [3.8, 4) is 5.82 Å². The molecule has 0 fully saturated rings. The summed E-state index contributed by atoms with van der Waals surface area (Å²) in [5.74, 6) is 1.19. The summed E-state index contributed by atoms with van der Waals surface area (Å²) in [6.07, 6.45) is 5.95. The molecule has 0 aliphatic carbocycles. The van der Waals surface area contributed by atoms with Crippen molar-refractivity contribution in [3.63, 3.8) is 0 Å². The Kier molecular flexibility index (Phi) is 5.29. The summed E-state index contributed by atoms with van der Waals surface area (Å²) in [7, 11) is 0. The lowest BCUT2D eigenvalue weighted by Gasteiger charge is -2.09. The van der Waals surface area contributed by atoms with Crippen molar-refractivity contribution in [2.45, 2.75) is 13.3 Å². The Bertz CT molecular complexity index is 1090. The van der Waals surface area contributed by atoms with Gasteiger partial charge in [-0.3, -0.25) is 4.79 Å². The van der Waals surface area contributed by atoms with Crippen LogP contribution >= 0.6 is 0 Å². The first-order chi connectivity index (χ1) is 14.2. The van der Waals surface area contributed by atoms with E-state index in [-0.39, 0.29) is 5.91 Å². The molecule has 7 heteroatoms. The van der Waals surface area contributed by atoms with Gasteiger partial charge < -0.3 is 10.6 Å². The topological polar surface area (TPSA) is 84.7 Å². The second-order valence-corrected chi connectivity index (χ2v) is 6.42. The smallest absolute Gasteiger partial charge is 0.255 e. The SMILES string of the molecule is CCc1ccc(C(=O)Nc2ccc(Nc3cc(-n4cccn4)ncn3)cc2)cc1. The highest BCUT2D eigenvalue weighted by atomic mass is 16.1. The van der Waals surface area contributed by atoms with Crippen molar-refractivity contribution in [2.24, 2.45) is 0 Å². The summed E-state index contributed by atoms with van der Waals surface area (Å²) in [6.45, 7) is 2.09. The normalized spacial score (nSPS) is 10.5. The predicted octanol–water partition coefficient (Wildman–Crippen LogP) is 4.22. The fourth-order valence-corrected chi connectivity index (χ4v) is 2.82. The number of amides is 1. The molecule has 0 atom stereocenters. The largest absolute Gasteiger partial charge is 0.340 e. The van der Waals surface area contributed by atoms with E-state index in [9.17, 15) is 4.79 Å². The Hall–Kier alpha value is -4.00. The number of aryl methyl sites for hydroxylation is 1. The number of benzene rings is 2. The molecule has 4 rings (SSSR count). The van der Waals surface area contributed by atoms with Crippen LogP contribution in [0.25, 0.3) is 5.82 Å². The van der Waals surface area contributed by atoms with Gasteiger partial charge >= 0.3 is 0 Å². The lowest BCUT2D eigenvalue weighted by Crippen LogP contribution is -2.11. The molecular formula is C22H20N6O. The lowest BCUT2D eigenvalue weighted by atomic mass is 10.1. The van der Waals surface area contributed by atoms with Crippen LogP contribution in [0.15, 0.2) is 79.4 Å². The third kappa shape index (κ3) is 4.47. The summed E-state index contributed by atoms with van der Waals surface area (Å²) < 4.78 is 1.67. The van der Waals surface area contributed by atoms with Gasteiger partial charge in [-0.05, 0) is 54.4 Å². The fraction of sp³-hybridized carbons (Fsp3) is 0.0909. The molecule has 7 nitrogen and oxygen atoms in total. The highest BCUT2D eigenvalue weighted by Crippen LogP contribution is 2.19. The highest BCUT2D eigenvalue weighted by Gasteiger charge is 2.06. The molecule has 1 amide bonds. The number of aromatic nitrogens is 4. The van der Waals surface area contributed by atoms with Gasteiger partial charge in [0.2, 0.25) is 0 Å². The van der Waals surface area contributed by atoms with Gasteiger partial charge in [0, 0.05) is 35.4 Å². The molecule has 2 aromatic carbocycles. The van der Waals surface area contributed by atoms with E-state index in [1.165, 1.54) is 11.9 Å². The number of nitrogens with one attached hydrogen (secondary N) is 2. The van der Waals surface area contributed by atoms with E-state index in [0.29, 0.717) is 17.2 Å². The Morgan fingerprint density at radius 1 is 1.00 bits per heavy atom. The molecule has 2 N–H and O–H groups in total. The maximum Gasteiger partial charge on any atom is 0.255 e. The first-order valence-corrected chi connectivity index (χ1v) is 9.31. The van der Waals surface area contributed by atoms with Gasteiger partial charge in [0.05, 0.1) is 0 Å². The molecule has 2 aromatic heterocycles. The van der Waals surface area contributed by atoms with Crippen LogP contribution in [-0.4, -0.2) is 25.7 Å². The third-order valence-corrected chi connectivity index (χ3v) is 4.43. The number of anilines is 3. The van der Waals surface area contributed by atoms with Crippen LogP contribution in [0.1, 0.15) is 22.8 Å². The zero-order chi connectivity index (χ0) is 20.1. The predicted molar refractivity (Wildman–Crippen MR) is 113 cm³/mol. The summed E-state index contributed by atoms with van der Waals surface area (Å²) in [6, 6.07) is 18.7. The van der Waals surface area contributed by atoms with Gasteiger partial charge in [-0.15, -0.1) is 0 Å². The Morgan fingerprint density at radius 3 is 2.45 bits per heavy atom. The number of hydrogen-bond acceptors (Lipinski definition) is 5. The van der Waals surface area contributed by atoms with Gasteiger partial charge in [0.1, 0.15) is 12.1 Å². The van der Waals surface area contributed by atoms with Crippen LogP contribution in [0.2, 0.25) is 0 Å². The molecule has 0 radical (unpaired) electrons. The van der Waals surface area contributed by atoms with E-state index in [4.69, 9.17) is 0 Å². The van der Waals surface area contributed by atoms with E-state index in [1.54, 1.807) is 10.9 Å². The number of carbonyl (C=O) groups excluding carboxylic acids is 1. The molecule has 0 saturated carbocycles. The summed E-state index contributed by atoms with van der Waals surface area (Å²) in [4.78, 5) is 20.8. The van der Waals surface area contributed by atoms with Crippen molar-refractivity contribution in [1.29, 1.82) is 0 Å². The van der Waals surface area contributed by atoms with E-state index < -0.39 is 0 Å². The first-order valence-electron chi connectivity index (χ1n) is 9.31. The molecule has 0 aliphatic heterocycles. The minimum Gasteiger partial charge on any atom is -0.340 e. The van der Waals surface area contributed by atoms with Crippen LogP contribution in [0, 0.1) is 0 Å². The fourth-order valence-electron chi connectivity index (χ4n) is 2.82. The average molecular weight is 384 g/mol. The zero-order valence-electron chi connectivity index (χ0n) is 15.9. The molecule has 0 bridgehead atoms. The minimum atomic E-state index is -0.131. The van der Waals surface area contributed by atoms with Crippen LogP contribution in [-0.2, 0) is 6.42 Å². The quantitative estimate of drug-likeness (QED) is 0.520. The maximum atomic E-state index is 12.4. The minimum absolute atomic E-state index is 0.131. The molecule has 0 saturated heterocycles. The summed E-state index contributed by atoms with van der Waals surface area (Å²) in [5.41, 5.74) is 3.41.